The van der Waals surface area contributed by atoms with E-state index in [1.165, 1.54) is 59.8 Å². The Morgan fingerprint density at radius 1 is 0.242 bits per heavy atom. The van der Waals surface area contributed by atoms with Crippen molar-refractivity contribution in [3.8, 4) is 45.5 Å². The summed E-state index contributed by atoms with van der Waals surface area (Å²) in [6.07, 6.45) is 0. The quantitative estimate of drug-likeness (QED) is 0.174. The van der Waals surface area contributed by atoms with Gasteiger partial charge in [-0.2, -0.15) is 0 Å². The van der Waals surface area contributed by atoms with Gasteiger partial charge in [-0.1, -0.05) is 164 Å². The summed E-state index contributed by atoms with van der Waals surface area (Å²) in [5, 5.41) is 12.1. The fourth-order valence-corrected chi connectivity index (χ4v) is 9.62. The van der Waals surface area contributed by atoms with Crippen LogP contribution in [0.1, 0.15) is 0 Å². The number of hydrogen-bond acceptors (Lipinski definition) is 3. The van der Waals surface area contributed by atoms with Crippen LogP contribution >= 0.6 is 0 Å². The van der Waals surface area contributed by atoms with E-state index in [0.717, 1.165) is 44.2 Å². The van der Waals surface area contributed by atoms with Crippen molar-refractivity contribution in [1.82, 2.24) is 24.1 Å². The molecule has 0 fully saturated rings. The second-order valence-electron chi connectivity index (χ2n) is 16.0. The molecule has 3 aromatic heterocycles. The van der Waals surface area contributed by atoms with Gasteiger partial charge in [-0.15, -0.1) is 0 Å². The van der Waals surface area contributed by atoms with Gasteiger partial charge in [-0.05, 0) is 70.1 Å². The number of fused-ring (bicyclic) bond motifs is 9. The Labute approximate surface area is 356 Å². The average Bonchev–Trinajstić information content (AvgIpc) is 3.83. The summed E-state index contributed by atoms with van der Waals surface area (Å²) in [5.74, 6) is 1.93. The SMILES string of the molecule is c1ccc(-c2nc(-c3ccccc3)nc(-c3ccc4c(-n5c6ccccc6c6cc7c8cc9ccccc9cc8n(-c8cccc9ccccc89)c7cc65)cccc4c3)n2)cc1. The lowest BCUT2D eigenvalue weighted by atomic mass is 10.0. The van der Waals surface area contributed by atoms with Gasteiger partial charge in [0.1, 0.15) is 0 Å². The third kappa shape index (κ3) is 5.32. The third-order valence-corrected chi connectivity index (χ3v) is 12.5. The average molecular weight is 790 g/mol. The summed E-state index contributed by atoms with van der Waals surface area (Å²) in [4.78, 5) is 15.0. The number of nitrogens with zero attached hydrogens (tertiary/aromatic N) is 5. The van der Waals surface area contributed by atoms with Crippen LogP contribution in [-0.2, 0) is 0 Å². The predicted octanol–water partition coefficient (Wildman–Crippen LogP) is 14.5. The largest absolute Gasteiger partial charge is 0.309 e. The molecule has 0 bridgehead atoms. The van der Waals surface area contributed by atoms with Crippen molar-refractivity contribution in [3.05, 3.63) is 212 Å². The first kappa shape index (κ1) is 34.5. The van der Waals surface area contributed by atoms with Crippen molar-refractivity contribution in [2.75, 3.05) is 0 Å². The second kappa shape index (κ2) is 13.6. The number of para-hydroxylation sites is 1. The predicted molar refractivity (Wildman–Crippen MR) is 257 cm³/mol. The van der Waals surface area contributed by atoms with Crippen LogP contribution in [0.2, 0.25) is 0 Å². The molecule has 5 heteroatoms. The van der Waals surface area contributed by atoms with E-state index in [0.29, 0.717) is 17.5 Å². The van der Waals surface area contributed by atoms with E-state index >= 15 is 0 Å². The Hall–Kier alpha value is -8.41. The van der Waals surface area contributed by atoms with Crippen molar-refractivity contribution < 1.29 is 0 Å². The van der Waals surface area contributed by atoms with Crippen molar-refractivity contribution >= 4 is 75.9 Å². The van der Waals surface area contributed by atoms with Crippen molar-refractivity contribution in [2.45, 2.75) is 0 Å². The Morgan fingerprint density at radius 3 is 1.40 bits per heavy atom. The van der Waals surface area contributed by atoms with E-state index in [1.807, 2.05) is 60.7 Å². The first-order chi connectivity index (χ1) is 30.7. The van der Waals surface area contributed by atoms with E-state index in [1.54, 1.807) is 0 Å². The zero-order valence-electron chi connectivity index (χ0n) is 33.4. The lowest BCUT2D eigenvalue weighted by molar-refractivity contribution is 1.07. The molecule has 0 saturated heterocycles. The van der Waals surface area contributed by atoms with Crippen LogP contribution < -0.4 is 0 Å². The Morgan fingerprint density at radius 2 is 0.710 bits per heavy atom. The Balaban J connectivity index is 1.06. The van der Waals surface area contributed by atoms with E-state index in [4.69, 9.17) is 15.0 Å². The first-order valence-electron chi connectivity index (χ1n) is 21.0. The van der Waals surface area contributed by atoms with Gasteiger partial charge in [0.05, 0.1) is 33.4 Å². The van der Waals surface area contributed by atoms with Gasteiger partial charge in [-0.3, -0.25) is 0 Å². The summed E-state index contributed by atoms with van der Waals surface area (Å²) in [6.45, 7) is 0. The minimum Gasteiger partial charge on any atom is -0.309 e. The number of aromatic nitrogens is 5. The van der Waals surface area contributed by atoms with Gasteiger partial charge in [-0.25, -0.2) is 15.0 Å². The van der Waals surface area contributed by atoms with Crippen molar-refractivity contribution in [3.63, 3.8) is 0 Å². The van der Waals surface area contributed by atoms with Gasteiger partial charge in [0, 0.05) is 49.0 Å². The lowest BCUT2D eigenvalue weighted by Gasteiger charge is -2.14. The maximum atomic E-state index is 5.05. The molecule has 0 saturated carbocycles. The van der Waals surface area contributed by atoms with E-state index in [9.17, 15) is 0 Å². The molecule has 0 unspecified atom stereocenters. The molecule has 0 aliphatic heterocycles. The highest BCUT2D eigenvalue weighted by atomic mass is 15.0. The minimum absolute atomic E-state index is 0.637. The Kier molecular flexibility index (Phi) is 7.54. The van der Waals surface area contributed by atoms with Crippen LogP contribution in [0.3, 0.4) is 0 Å². The fraction of sp³-hybridized carbons (Fsp3) is 0. The zero-order valence-corrected chi connectivity index (χ0v) is 33.4. The molecular formula is C57H35N5. The maximum Gasteiger partial charge on any atom is 0.164 e. The maximum absolute atomic E-state index is 5.05. The highest BCUT2D eigenvalue weighted by Gasteiger charge is 2.21. The zero-order chi connectivity index (χ0) is 40.7. The van der Waals surface area contributed by atoms with Crippen LogP contribution in [-0.4, -0.2) is 24.1 Å². The molecule has 0 radical (unpaired) electrons. The number of rotatable bonds is 5. The van der Waals surface area contributed by atoms with E-state index in [-0.39, 0.29) is 0 Å². The van der Waals surface area contributed by atoms with Crippen LogP contribution in [0.15, 0.2) is 212 Å². The van der Waals surface area contributed by atoms with Gasteiger partial charge in [0.25, 0.3) is 0 Å². The summed E-state index contributed by atoms with van der Waals surface area (Å²) in [7, 11) is 0. The van der Waals surface area contributed by atoms with Crippen molar-refractivity contribution in [1.29, 1.82) is 0 Å². The molecule has 0 atom stereocenters. The molecule has 0 aliphatic carbocycles. The topological polar surface area (TPSA) is 48.5 Å². The molecule has 0 N–H and O–H groups in total. The lowest BCUT2D eigenvalue weighted by Crippen LogP contribution is -2.00. The number of benzene rings is 10. The second-order valence-corrected chi connectivity index (χ2v) is 16.0. The standard InChI is InChI=1S/C57H35N5/c1-3-16-37(17-4-1)55-58-56(38-18-5-2-6-19-38)60-57(59-55)42-29-30-44-41(31-42)23-14-28-50(44)61-51-26-12-11-25-45(51)47-34-48-46-32-39-20-7-8-21-40(39)33-52(46)62(54(48)35-53(47)61)49-27-13-22-36-15-9-10-24-43(36)49/h1-35H. The Bertz CT molecular complexity index is 3860. The summed E-state index contributed by atoms with van der Waals surface area (Å²) < 4.78 is 4.94. The summed E-state index contributed by atoms with van der Waals surface area (Å²) >= 11 is 0. The third-order valence-electron chi connectivity index (χ3n) is 12.5. The molecular weight excluding hydrogens is 755 g/mol. The van der Waals surface area contributed by atoms with Crippen LogP contribution in [0.5, 0.6) is 0 Å². The highest BCUT2D eigenvalue weighted by molar-refractivity contribution is 6.21. The fourth-order valence-electron chi connectivity index (χ4n) is 9.62. The molecule has 13 aromatic rings. The molecule has 0 spiro atoms. The molecule has 62 heavy (non-hydrogen) atoms. The monoisotopic (exact) mass is 789 g/mol. The molecule has 0 aliphatic rings. The molecule has 0 amide bonds. The first-order valence-corrected chi connectivity index (χ1v) is 21.0. The molecule has 13 rings (SSSR count). The molecule has 5 nitrogen and oxygen atoms in total. The normalized spacial score (nSPS) is 11.9. The van der Waals surface area contributed by atoms with Crippen LogP contribution in [0, 0.1) is 0 Å². The summed E-state index contributed by atoms with van der Waals surface area (Å²) in [5.41, 5.74) is 9.80. The van der Waals surface area contributed by atoms with Gasteiger partial charge >= 0.3 is 0 Å². The van der Waals surface area contributed by atoms with Gasteiger partial charge in [0.15, 0.2) is 17.5 Å². The van der Waals surface area contributed by atoms with E-state index in [2.05, 4.69) is 161 Å². The van der Waals surface area contributed by atoms with Crippen molar-refractivity contribution in [2.24, 2.45) is 0 Å². The highest BCUT2D eigenvalue weighted by Crippen LogP contribution is 2.43. The molecule has 3 heterocycles. The summed E-state index contributed by atoms with van der Waals surface area (Å²) in [6, 6.07) is 75.9. The van der Waals surface area contributed by atoms with Gasteiger partial charge < -0.3 is 9.13 Å². The smallest absolute Gasteiger partial charge is 0.164 e. The molecule has 10 aromatic carbocycles. The number of hydrogen-bond donors (Lipinski definition) is 0. The minimum atomic E-state index is 0.637. The molecule has 288 valence electrons. The van der Waals surface area contributed by atoms with Crippen LogP contribution in [0.25, 0.3) is 121 Å². The van der Waals surface area contributed by atoms with Gasteiger partial charge in [0.2, 0.25) is 0 Å². The van der Waals surface area contributed by atoms with E-state index < -0.39 is 0 Å². The van der Waals surface area contributed by atoms with Crippen LogP contribution in [0.4, 0.5) is 0 Å².